The van der Waals surface area contributed by atoms with Crippen LogP contribution in [-0.4, -0.2) is 54.7 Å². The molecule has 9 heteroatoms. The van der Waals surface area contributed by atoms with Gasteiger partial charge in [0, 0.05) is 6.42 Å². The molecule has 0 aliphatic carbocycles. The predicted molar refractivity (Wildman–Crippen MR) is 108 cm³/mol. The zero-order chi connectivity index (χ0) is 22.1. The molecule has 31 heavy (non-hydrogen) atoms. The van der Waals surface area contributed by atoms with Crippen LogP contribution >= 0.6 is 0 Å². The van der Waals surface area contributed by atoms with Crippen molar-refractivity contribution < 1.29 is 28.6 Å². The first-order chi connectivity index (χ1) is 15.0. The van der Waals surface area contributed by atoms with Gasteiger partial charge in [-0.15, -0.1) is 0 Å². The van der Waals surface area contributed by atoms with Crippen LogP contribution in [0, 0.1) is 24.1 Å². The van der Waals surface area contributed by atoms with E-state index in [-0.39, 0.29) is 42.6 Å². The Hall–Kier alpha value is -3.64. The molecule has 0 unspecified atom stereocenters. The molecule has 8 nitrogen and oxygen atoms in total. The van der Waals surface area contributed by atoms with E-state index in [4.69, 9.17) is 14.3 Å². The summed E-state index contributed by atoms with van der Waals surface area (Å²) in [7, 11) is 1.40. The van der Waals surface area contributed by atoms with Gasteiger partial charge in [0.15, 0.2) is 11.5 Å². The standard InChI is InChI=1S/C22H20FN3O5/c1-12-13(8-24)4-3-5-16(12)19-18(23)7-17(20-21(19)31-11-30-20)22(28)26-9-14(25-29-2)6-15(26)10-27/h3-5,7,15,27H,6,9-11H2,1-2H3/b25-14-/t15-/m0/s1. The molecule has 0 spiro atoms. The second-order valence-electron chi connectivity index (χ2n) is 7.25. The van der Waals surface area contributed by atoms with E-state index in [9.17, 15) is 15.2 Å². The highest BCUT2D eigenvalue weighted by Gasteiger charge is 2.37. The van der Waals surface area contributed by atoms with Crippen molar-refractivity contribution in [1.82, 2.24) is 4.90 Å². The molecule has 0 saturated carbocycles. The maximum absolute atomic E-state index is 15.3. The highest BCUT2D eigenvalue weighted by Crippen LogP contribution is 2.47. The van der Waals surface area contributed by atoms with Crippen LogP contribution in [0.15, 0.2) is 29.4 Å². The van der Waals surface area contributed by atoms with Gasteiger partial charge in [-0.3, -0.25) is 4.79 Å². The van der Waals surface area contributed by atoms with Gasteiger partial charge in [0.05, 0.1) is 47.7 Å². The van der Waals surface area contributed by atoms with Gasteiger partial charge < -0.3 is 24.3 Å². The van der Waals surface area contributed by atoms with Crippen molar-refractivity contribution in [3.63, 3.8) is 0 Å². The monoisotopic (exact) mass is 425 g/mol. The number of aliphatic hydroxyl groups is 1. The largest absolute Gasteiger partial charge is 0.453 e. The third-order valence-corrected chi connectivity index (χ3v) is 5.51. The molecule has 2 aromatic rings. The van der Waals surface area contributed by atoms with Gasteiger partial charge in [-0.1, -0.05) is 17.3 Å². The van der Waals surface area contributed by atoms with Crippen LogP contribution in [0.2, 0.25) is 0 Å². The molecule has 0 aromatic heterocycles. The summed E-state index contributed by atoms with van der Waals surface area (Å²) in [5.74, 6) is -0.921. The quantitative estimate of drug-likeness (QED) is 0.755. The van der Waals surface area contributed by atoms with E-state index in [0.717, 1.165) is 6.07 Å². The number of nitrogens with zero attached hydrogens (tertiary/aromatic N) is 3. The number of rotatable bonds is 4. The summed E-state index contributed by atoms with van der Waals surface area (Å²) < 4.78 is 26.4. The summed E-state index contributed by atoms with van der Waals surface area (Å²) >= 11 is 0. The molecule has 1 amide bonds. The van der Waals surface area contributed by atoms with Crippen molar-refractivity contribution in [2.45, 2.75) is 19.4 Å². The average Bonchev–Trinajstić information content (AvgIpc) is 3.41. The number of hydrogen-bond acceptors (Lipinski definition) is 7. The Morgan fingerprint density at radius 3 is 2.90 bits per heavy atom. The molecule has 0 radical (unpaired) electrons. The summed E-state index contributed by atoms with van der Waals surface area (Å²) in [5.41, 5.74) is 2.24. The fraction of sp³-hybridized carbons (Fsp3) is 0.318. The predicted octanol–water partition coefficient (Wildman–Crippen LogP) is 2.61. The van der Waals surface area contributed by atoms with Gasteiger partial charge in [0.1, 0.15) is 12.9 Å². The third-order valence-electron chi connectivity index (χ3n) is 5.51. The Morgan fingerprint density at radius 1 is 1.42 bits per heavy atom. The number of carbonyl (C=O) groups is 1. The highest BCUT2D eigenvalue weighted by atomic mass is 19.1. The van der Waals surface area contributed by atoms with Gasteiger partial charge in [-0.25, -0.2) is 4.39 Å². The molecule has 1 saturated heterocycles. The van der Waals surface area contributed by atoms with Crippen LogP contribution in [0.4, 0.5) is 4.39 Å². The lowest BCUT2D eigenvalue weighted by Crippen LogP contribution is -2.38. The van der Waals surface area contributed by atoms with E-state index in [2.05, 4.69) is 11.2 Å². The molecular weight excluding hydrogens is 405 g/mol. The summed E-state index contributed by atoms with van der Waals surface area (Å²) in [6.45, 7) is 1.44. The Morgan fingerprint density at radius 2 is 2.19 bits per heavy atom. The maximum atomic E-state index is 15.3. The molecular formula is C22H20FN3O5. The molecule has 1 fully saturated rings. The lowest BCUT2D eigenvalue weighted by atomic mass is 9.94. The van der Waals surface area contributed by atoms with E-state index in [1.807, 2.05) is 0 Å². The first-order valence-electron chi connectivity index (χ1n) is 9.63. The number of oxime groups is 1. The van der Waals surface area contributed by atoms with E-state index in [1.165, 1.54) is 12.0 Å². The topological polar surface area (TPSA) is 104 Å². The van der Waals surface area contributed by atoms with Crippen LogP contribution in [0.3, 0.4) is 0 Å². The second kappa shape index (κ2) is 8.24. The number of hydrogen-bond donors (Lipinski definition) is 1. The molecule has 160 valence electrons. The number of fused-ring (bicyclic) bond motifs is 1. The van der Waals surface area contributed by atoms with Crippen LogP contribution in [0.1, 0.15) is 27.9 Å². The van der Waals surface area contributed by atoms with Crippen molar-refractivity contribution in [2.75, 3.05) is 27.1 Å². The minimum atomic E-state index is -0.670. The minimum Gasteiger partial charge on any atom is -0.453 e. The zero-order valence-electron chi connectivity index (χ0n) is 17.0. The lowest BCUT2D eigenvalue weighted by molar-refractivity contribution is 0.0675. The van der Waals surface area contributed by atoms with E-state index < -0.39 is 17.8 Å². The smallest absolute Gasteiger partial charge is 0.258 e. The molecule has 2 aromatic carbocycles. The summed E-state index contributed by atoms with van der Waals surface area (Å²) in [6, 6.07) is 7.69. The molecule has 0 bridgehead atoms. The first-order valence-corrected chi connectivity index (χ1v) is 9.63. The zero-order valence-corrected chi connectivity index (χ0v) is 17.0. The number of nitriles is 1. The van der Waals surface area contributed by atoms with Crippen molar-refractivity contribution in [3.8, 4) is 28.7 Å². The Kier molecular flexibility index (Phi) is 5.48. The van der Waals surface area contributed by atoms with E-state index in [1.54, 1.807) is 25.1 Å². The fourth-order valence-corrected chi connectivity index (χ4v) is 4.00. The van der Waals surface area contributed by atoms with Crippen molar-refractivity contribution in [2.24, 2.45) is 5.16 Å². The number of aliphatic hydroxyl groups excluding tert-OH is 1. The van der Waals surface area contributed by atoms with Gasteiger partial charge in [-0.05, 0) is 30.2 Å². The van der Waals surface area contributed by atoms with E-state index in [0.29, 0.717) is 28.8 Å². The van der Waals surface area contributed by atoms with E-state index >= 15 is 4.39 Å². The number of amides is 1. The summed E-state index contributed by atoms with van der Waals surface area (Å²) in [4.78, 5) is 19.5. The van der Waals surface area contributed by atoms with Crippen LogP contribution < -0.4 is 9.47 Å². The second-order valence-corrected chi connectivity index (χ2v) is 7.25. The Balaban J connectivity index is 1.80. The van der Waals surface area contributed by atoms with Crippen molar-refractivity contribution >= 4 is 11.6 Å². The van der Waals surface area contributed by atoms with Gasteiger partial charge in [-0.2, -0.15) is 5.26 Å². The minimum absolute atomic E-state index is 0.0000392. The average molecular weight is 425 g/mol. The summed E-state index contributed by atoms with van der Waals surface area (Å²) in [5, 5.41) is 22.9. The third kappa shape index (κ3) is 3.45. The molecule has 2 aliphatic heterocycles. The Bertz CT molecular complexity index is 1130. The maximum Gasteiger partial charge on any atom is 0.258 e. The highest BCUT2D eigenvalue weighted by molar-refractivity contribution is 6.03. The molecule has 2 aliphatic rings. The molecule has 1 N–H and O–H groups in total. The van der Waals surface area contributed by atoms with Crippen molar-refractivity contribution in [3.05, 3.63) is 46.8 Å². The van der Waals surface area contributed by atoms with Crippen molar-refractivity contribution in [1.29, 1.82) is 5.26 Å². The SMILES string of the molecule is CO/N=C1/C[C@@H](CO)N(C(=O)c2cc(F)c(-c3cccc(C#N)c3C)c3c2OCO3)C1. The summed E-state index contributed by atoms with van der Waals surface area (Å²) in [6.07, 6.45) is 0.357. The first kappa shape index (κ1) is 20.6. The lowest BCUT2D eigenvalue weighted by Gasteiger charge is -2.23. The van der Waals surface area contributed by atoms with Crippen LogP contribution in [0.25, 0.3) is 11.1 Å². The number of carbonyl (C=O) groups excluding carboxylic acids is 1. The van der Waals surface area contributed by atoms with Crippen LogP contribution in [-0.2, 0) is 4.84 Å². The molecule has 2 heterocycles. The Labute approximate surface area is 178 Å². The number of benzene rings is 2. The number of halogens is 1. The van der Waals surface area contributed by atoms with Crippen LogP contribution in [0.5, 0.6) is 11.5 Å². The molecule has 1 atom stereocenters. The fourth-order valence-electron chi connectivity index (χ4n) is 4.00. The normalized spacial score (nSPS) is 18.4. The van der Waals surface area contributed by atoms with Gasteiger partial charge >= 0.3 is 0 Å². The van der Waals surface area contributed by atoms with Gasteiger partial charge in [0.25, 0.3) is 5.91 Å². The van der Waals surface area contributed by atoms with Gasteiger partial charge in [0.2, 0.25) is 6.79 Å². The number of likely N-dealkylation sites (tertiary alicyclic amines) is 1. The number of ether oxygens (including phenoxy) is 2. The molecule has 4 rings (SSSR count).